The van der Waals surface area contributed by atoms with Gasteiger partial charge >= 0.3 is 12.4 Å². The van der Waals surface area contributed by atoms with Crippen LogP contribution in [0.3, 0.4) is 0 Å². The number of rotatable bonds is 7. The highest BCUT2D eigenvalue weighted by Crippen LogP contribution is 2.26. The maximum Gasteiger partial charge on any atom is 0.404 e. The predicted octanol–water partition coefficient (Wildman–Crippen LogP) is 4.05. The average molecular weight is 457 g/mol. The van der Waals surface area contributed by atoms with E-state index in [4.69, 9.17) is 4.42 Å². The van der Waals surface area contributed by atoms with Crippen LogP contribution in [0.4, 0.5) is 20.3 Å². The largest absolute Gasteiger partial charge is 0.454 e. The van der Waals surface area contributed by atoms with E-state index in [1.807, 2.05) is 0 Å². The Bertz CT molecular complexity index is 1020. The molecule has 0 spiro atoms. The van der Waals surface area contributed by atoms with Gasteiger partial charge in [-0.05, 0) is 45.1 Å². The van der Waals surface area contributed by atoms with E-state index in [9.17, 15) is 23.7 Å². The number of nitrogens with zero attached hydrogens (tertiary/aromatic N) is 3. The molecule has 1 N–H and O–H groups in total. The molecular weight excluding hydrogens is 446 g/mol. The molecule has 3 rings (SSSR count). The summed E-state index contributed by atoms with van der Waals surface area (Å²) in [7, 11) is 0. The number of alkyl halides is 2. The summed E-state index contributed by atoms with van der Waals surface area (Å²) in [6, 6.07) is 8.60. The minimum Gasteiger partial charge on any atom is -0.454 e. The van der Waals surface area contributed by atoms with Crippen molar-refractivity contribution in [2.75, 3.05) is 5.32 Å². The van der Waals surface area contributed by atoms with Crippen LogP contribution in [0.2, 0.25) is 0 Å². The second-order valence-electron chi connectivity index (χ2n) is 5.35. The monoisotopic (exact) mass is 456 g/mol. The molecule has 146 valence electrons. The fraction of sp³-hybridized carbons (Fsp3) is 0.125. The third-order valence-corrected chi connectivity index (χ3v) is 3.99. The zero-order chi connectivity index (χ0) is 20.3. The highest BCUT2D eigenvalue weighted by Gasteiger charge is 2.20. The molecule has 0 saturated carbocycles. The summed E-state index contributed by atoms with van der Waals surface area (Å²) in [6.07, 6.45) is 1.40. The first-order valence-corrected chi connectivity index (χ1v) is 8.44. The smallest absolute Gasteiger partial charge is 0.404 e. The Labute approximate surface area is 164 Å². The third kappa shape index (κ3) is 4.52. The molecule has 0 aliphatic heterocycles. The Hall–Kier alpha value is -3.28. The third-order valence-electron chi connectivity index (χ3n) is 3.43. The van der Waals surface area contributed by atoms with E-state index in [2.05, 4.69) is 31.1 Å². The van der Waals surface area contributed by atoms with Crippen molar-refractivity contribution < 1.29 is 27.7 Å². The molecule has 12 heteroatoms. The lowest BCUT2D eigenvalue weighted by Gasteiger charge is -2.10. The first-order valence-electron chi connectivity index (χ1n) is 7.64. The number of para-hydroxylation sites is 2. The van der Waals surface area contributed by atoms with Gasteiger partial charge in [-0.15, -0.1) is 0 Å². The van der Waals surface area contributed by atoms with Crippen LogP contribution in [-0.4, -0.2) is 27.2 Å². The number of nitrogens with one attached hydrogen (secondary N) is 1. The molecule has 0 radical (unpaired) electrons. The summed E-state index contributed by atoms with van der Waals surface area (Å²) in [4.78, 5) is 22.5. The zero-order valence-corrected chi connectivity index (χ0v) is 15.4. The molecule has 0 unspecified atom stereocenters. The van der Waals surface area contributed by atoms with Gasteiger partial charge < -0.3 is 24.6 Å². The van der Waals surface area contributed by atoms with Crippen LogP contribution < -0.4 is 10.1 Å². The van der Waals surface area contributed by atoms with Gasteiger partial charge in [-0.3, -0.25) is 4.79 Å². The molecule has 28 heavy (non-hydrogen) atoms. The fourth-order valence-electron chi connectivity index (χ4n) is 2.29. The Balaban J connectivity index is 1.71. The number of benzene rings is 1. The second-order valence-corrected chi connectivity index (χ2v) is 6.20. The van der Waals surface area contributed by atoms with E-state index in [-0.39, 0.29) is 34.0 Å². The standard InChI is InChI=1S/C16H11BrF2N4O5/c17-10-8-22(21-14(10)23(25)26)7-9-5-6-13(27-9)15(24)20-11-3-1-2-4-12(11)28-16(18)19/h1-6,8,16H,7H2,(H,20,24). The number of amides is 1. The molecule has 1 aromatic carbocycles. The van der Waals surface area contributed by atoms with Crippen molar-refractivity contribution in [3.8, 4) is 5.75 Å². The topological polar surface area (TPSA) is 112 Å². The van der Waals surface area contributed by atoms with Gasteiger partial charge in [0.1, 0.15) is 22.5 Å². The molecule has 1 amide bonds. The van der Waals surface area contributed by atoms with Gasteiger partial charge in [0, 0.05) is 0 Å². The number of hydrogen-bond donors (Lipinski definition) is 1. The molecule has 3 aromatic rings. The quantitative estimate of drug-likeness (QED) is 0.423. The number of hydrogen-bond acceptors (Lipinski definition) is 6. The summed E-state index contributed by atoms with van der Waals surface area (Å²) < 4.78 is 36.1. The summed E-state index contributed by atoms with van der Waals surface area (Å²) in [5.74, 6) is -0.981. The minimum atomic E-state index is -3.04. The first kappa shape index (κ1) is 19.5. The highest BCUT2D eigenvalue weighted by molar-refractivity contribution is 9.10. The number of aromatic nitrogens is 2. The Morgan fingerprint density at radius 2 is 2.11 bits per heavy atom. The molecule has 0 saturated heterocycles. The van der Waals surface area contributed by atoms with E-state index in [0.717, 1.165) is 0 Å². The van der Waals surface area contributed by atoms with Gasteiger partial charge in [0.15, 0.2) is 5.76 Å². The van der Waals surface area contributed by atoms with Crippen molar-refractivity contribution >= 4 is 33.3 Å². The van der Waals surface area contributed by atoms with E-state index < -0.39 is 17.4 Å². The molecule has 0 aliphatic carbocycles. The number of carbonyl (C=O) groups is 1. The van der Waals surface area contributed by atoms with Crippen LogP contribution in [-0.2, 0) is 6.54 Å². The first-order chi connectivity index (χ1) is 13.3. The Morgan fingerprint density at radius 3 is 2.79 bits per heavy atom. The second kappa shape index (κ2) is 8.17. The zero-order valence-electron chi connectivity index (χ0n) is 13.8. The van der Waals surface area contributed by atoms with Crippen molar-refractivity contribution in [2.45, 2.75) is 13.2 Å². The number of nitro groups is 1. The Morgan fingerprint density at radius 1 is 1.36 bits per heavy atom. The lowest BCUT2D eigenvalue weighted by Crippen LogP contribution is -2.13. The SMILES string of the molecule is O=C(Nc1ccccc1OC(F)F)c1ccc(Cn2cc(Br)c([N+](=O)[O-])n2)o1. The van der Waals surface area contributed by atoms with Gasteiger partial charge in [-0.1, -0.05) is 12.1 Å². The average Bonchev–Trinajstić information content (AvgIpc) is 3.23. The van der Waals surface area contributed by atoms with E-state index in [1.165, 1.54) is 41.2 Å². The van der Waals surface area contributed by atoms with Crippen LogP contribution in [0.5, 0.6) is 5.75 Å². The lowest BCUT2D eigenvalue weighted by molar-refractivity contribution is -0.390. The molecule has 0 bridgehead atoms. The van der Waals surface area contributed by atoms with Crippen LogP contribution in [0.15, 0.2) is 51.5 Å². The molecule has 2 aromatic heterocycles. The van der Waals surface area contributed by atoms with Gasteiger partial charge in [0.25, 0.3) is 5.91 Å². The summed E-state index contributed by atoms with van der Waals surface area (Å²) in [5.41, 5.74) is 0.0531. The molecule has 2 heterocycles. The molecule has 0 atom stereocenters. The van der Waals surface area contributed by atoms with Crippen molar-refractivity contribution in [3.63, 3.8) is 0 Å². The van der Waals surface area contributed by atoms with E-state index >= 15 is 0 Å². The van der Waals surface area contributed by atoms with E-state index in [1.54, 1.807) is 6.07 Å². The number of anilines is 1. The Kier molecular flexibility index (Phi) is 5.68. The number of ether oxygens (including phenoxy) is 1. The summed E-state index contributed by atoms with van der Waals surface area (Å²) >= 11 is 3.04. The molecule has 9 nitrogen and oxygen atoms in total. The van der Waals surface area contributed by atoms with Gasteiger partial charge in [-0.25, -0.2) is 0 Å². The van der Waals surface area contributed by atoms with Gasteiger partial charge in [0.2, 0.25) is 0 Å². The summed E-state index contributed by atoms with van der Waals surface area (Å²) in [6.45, 7) is -2.99. The van der Waals surface area contributed by atoms with Crippen LogP contribution in [0.1, 0.15) is 16.3 Å². The molecule has 0 aliphatic rings. The molecular formula is C16H11BrF2N4O5. The van der Waals surface area contributed by atoms with Gasteiger partial charge in [0.05, 0.1) is 17.0 Å². The fourth-order valence-corrected chi connectivity index (χ4v) is 2.75. The predicted molar refractivity (Wildman–Crippen MR) is 95.4 cm³/mol. The van der Waals surface area contributed by atoms with Crippen LogP contribution in [0, 0.1) is 10.1 Å². The lowest BCUT2D eigenvalue weighted by atomic mass is 10.3. The number of carbonyl (C=O) groups excluding carboxylic acids is 1. The van der Waals surface area contributed by atoms with Crippen LogP contribution in [0.25, 0.3) is 0 Å². The number of furan rings is 1. The maximum atomic E-state index is 12.4. The molecule has 0 fully saturated rings. The highest BCUT2D eigenvalue weighted by atomic mass is 79.9. The number of halogens is 3. The summed E-state index contributed by atoms with van der Waals surface area (Å²) in [5, 5.41) is 17.0. The van der Waals surface area contributed by atoms with E-state index in [0.29, 0.717) is 5.76 Å². The van der Waals surface area contributed by atoms with Gasteiger partial charge in [-0.2, -0.15) is 13.5 Å². The van der Waals surface area contributed by atoms with Crippen molar-refractivity contribution in [2.24, 2.45) is 0 Å². The maximum absolute atomic E-state index is 12.4. The minimum absolute atomic E-state index is 0.0464. The van der Waals surface area contributed by atoms with Crippen molar-refractivity contribution in [1.82, 2.24) is 9.78 Å². The van der Waals surface area contributed by atoms with Crippen LogP contribution >= 0.6 is 15.9 Å². The normalized spacial score (nSPS) is 10.9. The van der Waals surface area contributed by atoms with Crippen molar-refractivity contribution in [1.29, 1.82) is 0 Å². The van der Waals surface area contributed by atoms with Crippen molar-refractivity contribution in [3.05, 3.63) is 68.7 Å².